The van der Waals surface area contributed by atoms with Crippen molar-refractivity contribution in [1.29, 1.82) is 0 Å². The molecule has 5 heteroatoms. The average molecular weight is 243 g/mol. The molecular formula is C12H23N2O3+. The van der Waals surface area contributed by atoms with Crippen LogP contribution in [-0.2, 0) is 9.59 Å². The molecule has 1 heterocycles. The molecule has 17 heavy (non-hydrogen) atoms. The number of ketones is 1. The summed E-state index contributed by atoms with van der Waals surface area (Å²) in [6, 6.07) is -0.656. The molecule has 0 saturated carbocycles. The van der Waals surface area contributed by atoms with E-state index in [0.717, 1.165) is 19.3 Å². The number of carboxylic acid groups (broad SMARTS) is 1. The van der Waals surface area contributed by atoms with E-state index >= 15 is 0 Å². The third-order valence-corrected chi connectivity index (χ3v) is 4.08. The number of likely N-dealkylation sites (tertiary alicyclic amines) is 1. The quantitative estimate of drug-likeness (QED) is 0.571. The monoisotopic (exact) mass is 243 g/mol. The Kier molecular flexibility index (Phi) is 4.27. The van der Waals surface area contributed by atoms with E-state index in [1.54, 1.807) is 0 Å². The van der Waals surface area contributed by atoms with Gasteiger partial charge >= 0.3 is 5.97 Å². The maximum atomic E-state index is 11.4. The van der Waals surface area contributed by atoms with Gasteiger partial charge in [0, 0.05) is 12.8 Å². The number of quaternary nitrogens is 1. The lowest BCUT2D eigenvalue weighted by molar-refractivity contribution is -0.999. The van der Waals surface area contributed by atoms with E-state index < -0.39 is 12.0 Å². The summed E-state index contributed by atoms with van der Waals surface area (Å²) >= 11 is 0. The van der Waals surface area contributed by atoms with E-state index in [-0.39, 0.29) is 28.9 Å². The lowest BCUT2D eigenvalue weighted by atomic mass is 9.92. The van der Waals surface area contributed by atoms with Crippen LogP contribution in [0.2, 0.25) is 0 Å². The smallest absolute Gasteiger partial charge is 0.364 e. The van der Waals surface area contributed by atoms with Crippen LogP contribution in [0, 0.1) is 0 Å². The summed E-state index contributed by atoms with van der Waals surface area (Å²) in [5.41, 5.74) is 0. The Morgan fingerprint density at radius 3 is 2.18 bits per heavy atom. The summed E-state index contributed by atoms with van der Waals surface area (Å²) < 4.78 is -0.00505. The van der Waals surface area contributed by atoms with Crippen LogP contribution in [0.3, 0.4) is 0 Å². The number of hydrogen-bond acceptors (Lipinski definition) is 3. The highest BCUT2D eigenvalue weighted by Gasteiger charge is 2.49. The molecule has 0 aromatic heterocycles. The Morgan fingerprint density at radius 2 is 1.82 bits per heavy atom. The van der Waals surface area contributed by atoms with E-state index in [2.05, 4.69) is 0 Å². The van der Waals surface area contributed by atoms with Gasteiger partial charge in [0.05, 0.1) is 6.42 Å². The molecule has 98 valence electrons. The zero-order valence-electron chi connectivity index (χ0n) is 10.8. The second-order valence-corrected chi connectivity index (χ2v) is 5.28. The second-order valence-electron chi connectivity index (χ2n) is 5.28. The van der Waals surface area contributed by atoms with E-state index in [1.807, 2.05) is 13.8 Å². The van der Waals surface area contributed by atoms with E-state index in [1.165, 1.54) is 6.92 Å². The third-order valence-electron chi connectivity index (χ3n) is 4.08. The number of carbonyl (C=O) groups excluding carboxylic acids is 1. The summed E-state index contributed by atoms with van der Waals surface area (Å²) in [7, 11) is 0. The highest BCUT2D eigenvalue weighted by Crippen LogP contribution is 2.31. The van der Waals surface area contributed by atoms with Gasteiger partial charge in [0.15, 0.2) is 0 Å². The standard InChI is InChI=1S/C12H22N2O3/c1-8-5-4-6-9(2)14(8,13)11(12(16)17)7-10(3)15/h8-9,11H,4-7,13H2,1-3H3/p+1. The molecule has 5 nitrogen and oxygen atoms in total. The van der Waals surface area contributed by atoms with E-state index in [4.69, 9.17) is 5.84 Å². The maximum absolute atomic E-state index is 11.4. The molecule has 0 aromatic rings. The van der Waals surface area contributed by atoms with Crippen molar-refractivity contribution < 1.29 is 19.3 Å². The third kappa shape index (κ3) is 2.66. The van der Waals surface area contributed by atoms with Crippen molar-refractivity contribution in [1.82, 2.24) is 0 Å². The molecule has 3 atom stereocenters. The number of Topliss-reactive ketones (excluding diaryl/α,β-unsaturated/α-hetero) is 1. The van der Waals surface area contributed by atoms with Gasteiger partial charge in [0.2, 0.25) is 6.04 Å². The maximum Gasteiger partial charge on any atom is 0.364 e. The Labute approximate surface area is 102 Å². The molecule has 0 aromatic carbocycles. The molecule has 3 unspecified atom stereocenters. The van der Waals surface area contributed by atoms with E-state index in [9.17, 15) is 14.7 Å². The van der Waals surface area contributed by atoms with Crippen molar-refractivity contribution in [3.05, 3.63) is 0 Å². The Morgan fingerprint density at radius 1 is 1.35 bits per heavy atom. The first kappa shape index (κ1) is 14.1. The molecule has 1 fully saturated rings. The number of aliphatic carboxylic acids is 1. The minimum Gasteiger partial charge on any atom is -0.477 e. The van der Waals surface area contributed by atoms with Gasteiger partial charge in [-0.15, -0.1) is 0 Å². The van der Waals surface area contributed by atoms with Crippen LogP contribution in [0.15, 0.2) is 0 Å². The largest absolute Gasteiger partial charge is 0.477 e. The molecule has 0 aliphatic carbocycles. The molecule has 1 saturated heterocycles. The number of piperidine rings is 1. The number of carbonyl (C=O) groups is 2. The lowest BCUT2D eigenvalue weighted by Crippen LogP contribution is -2.73. The second kappa shape index (κ2) is 5.14. The van der Waals surface area contributed by atoms with Gasteiger partial charge in [0.1, 0.15) is 17.9 Å². The SMILES string of the molecule is CC(=O)CC(C(=O)O)[N+]1(N)C(C)CCCC1C. The molecule has 0 spiro atoms. The Hall–Kier alpha value is -0.940. The van der Waals surface area contributed by atoms with Gasteiger partial charge in [-0.05, 0) is 27.2 Å². The van der Waals surface area contributed by atoms with Crippen molar-refractivity contribution in [2.24, 2.45) is 5.84 Å². The molecule has 0 radical (unpaired) electrons. The lowest BCUT2D eigenvalue weighted by Gasteiger charge is -2.49. The van der Waals surface area contributed by atoms with Crippen molar-refractivity contribution in [2.45, 2.75) is 64.6 Å². The molecular weight excluding hydrogens is 220 g/mol. The van der Waals surface area contributed by atoms with Gasteiger partial charge in [-0.2, -0.15) is 5.84 Å². The minimum atomic E-state index is -0.969. The van der Waals surface area contributed by atoms with Crippen LogP contribution in [0.25, 0.3) is 0 Å². The van der Waals surface area contributed by atoms with Crippen LogP contribution in [0.1, 0.15) is 46.5 Å². The van der Waals surface area contributed by atoms with E-state index in [0.29, 0.717) is 0 Å². The highest BCUT2D eigenvalue weighted by molar-refractivity contribution is 5.83. The Bertz CT molecular complexity index is 307. The number of carboxylic acids is 1. The highest BCUT2D eigenvalue weighted by atomic mass is 16.4. The number of nitrogens with zero attached hydrogens (tertiary/aromatic N) is 1. The number of nitrogens with two attached hydrogens (primary N) is 1. The molecule has 0 bridgehead atoms. The van der Waals surface area contributed by atoms with Gasteiger partial charge < -0.3 is 5.11 Å². The van der Waals surface area contributed by atoms with Gasteiger partial charge in [0.25, 0.3) is 0 Å². The molecule has 3 N–H and O–H groups in total. The zero-order valence-corrected chi connectivity index (χ0v) is 10.8. The number of hydrogen-bond donors (Lipinski definition) is 2. The normalized spacial score (nSPS) is 35.3. The zero-order chi connectivity index (χ0) is 13.2. The van der Waals surface area contributed by atoms with Crippen LogP contribution < -0.4 is 5.84 Å². The van der Waals surface area contributed by atoms with Crippen molar-refractivity contribution in [3.8, 4) is 0 Å². The first-order valence-electron chi connectivity index (χ1n) is 6.19. The predicted molar refractivity (Wildman–Crippen MR) is 63.9 cm³/mol. The van der Waals surface area contributed by atoms with Gasteiger partial charge in [-0.25, -0.2) is 9.39 Å². The van der Waals surface area contributed by atoms with Crippen molar-refractivity contribution in [2.75, 3.05) is 0 Å². The molecule has 1 aliphatic rings. The average Bonchev–Trinajstić information content (AvgIpc) is 2.22. The summed E-state index contributed by atoms with van der Waals surface area (Å²) in [4.78, 5) is 22.6. The first-order valence-corrected chi connectivity index (χ1v) is 6.19. The molecule has 1 rings (SSSR count). The van der Waals surface area contributed by atoms with Crippen molar-refractivity contribution >= 4 is 11.8 Å². The Balaban J connectivity index is 3.03. The summed E-state index contributed by atoms with van der Waals surface area (Å²) in [5, 5.41) is 9.33. The molecule has 1 aliphatic heterocycles. The van der Waals surface area contributed by atoms with Gasteiger partial charge in [-0.3, -0.25) is 4.79 Å². The van der Waals surface area contributed by atoms with Crippen LogP contribution >= 0.6 is 0 Å². The first-order chi connectivity index (χ1) is 7.80. The number of rotatable bonds is 4. The van der Waals surface area contributed by atoms with Crippen LogP contribution in [-0.4, -0.2) is 39.6 Å². The predicted octanol–water partition coefficient (Wildman–Crippen LogP) is 1.07. The van der Waals surface area contributed by atoms with Crippen molar-refractivity contribution in [3.63, 3.8) is 0 Å². The van der Waals surface area contributed by atoms with Gasteiger partial charge in [-0.1, -0.05) is 0 Å². The fourth-order valence-corrected chi connectivity index (χ4v) is 2.91. The summed E-state index contributed by atoms with van der Waals surface area (Å²) in [5.74, 6) is 5.25. The van der Waals surface area contributed by atoms with Crippen LogP contribution in [0.4, 0.5) is 0 Å². The van der Waals surface area contributed by atoms with Crippen LogP contribution in [0.5, 0.6) is 0 Å². The summed E-state index contributed by atoms with van der Waals surface area (Å²) in [6.45, 7) is 5.37. The molecule has 0 amide bonds. The topological polar surface area (TPSA) is 80.4 Å². The summed E-state index contributed by atoms with van der Waals surface area (Å²) in [6.07, 6.45) is 2.93. The fourth-order valence-electron chi connectivity index (χ4n) is 2.91. The fraction of sp³-hybridized carbons (Fsp3) is 0.833. The minimum absolute atomic E-state index is 0.00505.